The highest BCUT2D eigenvalue weighted by Gasteiger charge is 2.09. The highest BCUT2D eigenvalue weighted by atomic mass is 16.5. The molecule has 4 nitrogen and oxygen atoms in total. The van der Waals surface area contributed by atoms with Gasteiger partial charge in [-0.15, -0.1) is 0 Å². The molecule has 82 valence electrons. The third-order valence-corrected chi connectivity index (χ3v) is 2.48. The van der Waals surface area contributed by atoms with Crippen molar-refractivity contribution in [3.63, 3.8) is 0 Å². The third-order valence-electron chi connectivity index (χ3n) is 2.48. The lowest BCUT2D eigenvalue weighted by molar-refractivity contribution is 0.122. The molecule has 1 aliphatic heterocycles. The first-order chi connectivity index (χ1) is 7.34. The summed E-state index contributed by atoms with van der Waals surface area (Å²) < 4.78 is 7.27. The predicted molar refractivity (Wildman–Crippen MR) is 58.2 cm³/mol. The molecule has 0 spiro atoms. The maximum absolute atomic E-state index is 5.46. The minimum Gasteiger partial charge on any atom is -0.497 e. The van der Waals surface area contributed by atoms with Crippen molar-refractivity contribution in [2.24, 2.45) is 7.05 Å². The molecule has 0 fully saturated rings. The van der Waals surface area contributed by atoms with Crippen molar-refractivity contribution in [2.75, 3.05) is 6.54 Å². The van der Waals surface area contributed by atoms with Gasteiger partial charge in [0.1, 0.15) is 6.10 Å². The van der Waals surface area contributed by atoms with Gasteiger partial charge in [0.05, 0.1) is 12.5 Å². The van der Waals surface area contributed by atoms with E-state index in [4.69, 9.17) is 4.74 Å². The molecule has 1 N–H and O–H groups in total. The molecule has 0 bridgehead atoms. The van der Waals surface area contributed by atoms with E-state index >= 15 is 0 Å². The summed E-state index contributed by atoms with van der Waals surface area (Å²) >= 11 is 0. The number of ether oxygens (including phenoxy) is 1. The van der Waals surface area contributed by atoms with E-state index in [0.29, 0.717) is 6.10 Å². The van der Waals surface area contributed by atoms with Crippen molar-refractivity contribution in [3.8, 4) is 0 Å². The first kappa shape index (κ1) is 10.2. The van der Waals surface area contributed by atoms with Crippen LogP contribution < -0.4 is 5.32 Å². The fraction of sp³-hybridized carbons (Fsp3) is 0.545. The van der Waals surface area contributed by atoms with Crippen LogP contribution in [-0.2, 0) is 18.3 Å². The summed E-state index contributed by atoms with van der Waals surface area (Å²) in [7, 11) is 1.93. The van der Waals surface area contributed by atoms with E-state index in [1.807, 2.05) is 24.1 Å². The average molecular weight is 207 g/mol. The fourth-order valence-corrected chi connectivity index (χ4v) is 1.68. The number of rotatable bonds is 4. The van der Waals surface area contributed by atoms with Gasteiger partial charge < -0.3 is 10.1 Å². The molecule has 0 saturated carbocycles. The Morgan fingerprint density at radius 2 is 2.60 bits per heavy atom. The second-order valence-corrected chi connectivity index (χ2v) is 3.86. The van der Waals surface area contributed by atoms with Gasteiger partial charge in [0.25, 0.3) is 0 Å². The van der Waals surface area contributed by atoms with Crippen LogP contribution in [0.4, 0.5) is 0 Å². The molecule has 1 aliphatic rings. The summed E-state index contributed by atoms with van der Waals surface area (Å²) in [4.78, 5) is 0. The van der Waals surface area contributed by atoms with Gasteiger partial charge in [-0.05, 0) is 18.9 Å². The molecular formula is C11H17N3O. The van der Waals surface area contributed by atoms with E-state index in [0.717, 1.165) is 25.9 Å². The van der Waals surface area contributed by atoms with Crippen molar-refractivity contribution < 1.29 is 4.74 Å². The zero-order valence-electron chi connectivity index (χ0n) is 9.02. The quantitative estimate of drug-likeness (QED) is 0.806. The van der Waals surface area contributed by atoms with Crippen LogP contribution in [0.1, 0.15) is 18.4 Å². The molecule has 0 aromatic carbocycles. The van der Waals surface area contributed by atoms with E-state index in [9.17, 15) is 0 Å². The maximum Gasteiger partial charge on any atom is 0.110 e. The predicted octanol–water partition coefficient (Wildman–Crippen LogP) is 1.20. The third kappa shape index (κ3) is 3.09. The van der Waals surface area contributed by atoms with E-state index in [2.05, 4.69) is 16.5 Å². The largest absolute Gasteiger partial charge is 0.497 e. The minimum atomic E-state index is 0.326. The first-order valence-electron chi connectivity index (χ1n) is 5.33. The topological polar surface area (TPSA) is 39.1 Å². The fourth-order valence-electron chi connectivity index (χ4n) is 1.68. The Bertz CT molecular complexity index is 332. The van der Waals surface area contributed by atoms with E-state index in [1.54, 1.807) is 6.26 Å². The Morgan fingerprint density at radius 1 is 1.67 bits per heavy atom. The van der Waals surface area contributed by atoms with Gasteiger partial charge in [-0.2, -0.15) is 5.10 Å². The van der Waals surface area contributed by atoms with Gasteiger partial charge in [-0.25, -0.2) is 0 Å². The zero-order valence-corrected chi connectivity index (χ0v) is 9.02. The lowest BCUT2D eigenvalue weighted by Crippen LogP contribution is -2.28. The molecule has 2 rings (SSSR count). The molecular weight excluding hydrogens is 190 g/mol. The smallest absolute Gasteiger partial charge is 0.110 e. The van der Waals surface area contributed by atoms with Gasteiger partial charge in [-0.3, -0.25) is 4.68 Å². The van der Waals surface area contributed by atoms with Crippen molar-refractivity contribution in [3.05, 3.63) is 30.3 Å². The van der Waals surface area contributed by atoms with Crippen molar-refractivity contribution >= 4 is 0 Å². The molecule has 4 heteroatoms. The van der Waals surface area contributed by atoms with E-state index in [-0.39, 0.29) is 0 Å². The summed E-state index contributed by atoms with van der Waals surface area (Å²) in [6.07, 6.45) is 10.3. The van der Waals surface area contributed by atoms with Crippen molar-refractivity contribution in [1.29, 1.82) is 0 Å². The number of allylic oxidation sites excluding steroid dienone is 1. The molecule has 1 aromatic heterocycles. The van der Waals surface area contributed by atoms with Crippen LogP contribution in [0.3, 0.4) is 0 Å². The lowest BCUT2D eigenvalue weighted by atomic mass is 10.1. The van der Waals surface area contributed by atoms with Crippen LogP contribution in [0.5, 0.6) is 0 Å². The second-order valence-electron chi connectivity index (χ2n) is 3.86. The molecule has 2 heterocycles. The van der Waals surface area contributed by atoms with Crippen molar-refractivity contribution in [1.82, 2.24) is 15.1 Å². The highest BCUT2D eigenvalue weighted by molar-refractivity contribution is 5.02. The standard InChI is InChI=1S/C11H17N3O/c1-14-9-10(7-13-14)6-12-8-11-4-2-3-5-15-11/h3,5,7,9,11-12H,2,4,6,8H2,1H3. The van der Waals surface area contributed by atoms with Gasteiger partial charge in [0, 0.05) is 31.9 Å². The number of aromatic nitrogens is 2. The Morgan fingerprint density at radius 3 is 3.27 bits per heavy atom. The van der Waals surface area contributed by atoms with Gasteiger partial charge in [0.15, 0.2) is 0 Å². The molecule has 0 aliphatic carbocycles. The molecule has 0 radical (unpaired) electrons. The van der Waals surface area contributed by atoms with Crippen LogP contribution in [0.25, 0.3) is 0 Å². The van der Waals surface area contributed by atoms with Crippen LogP contribution in [0.2, 0.25) is 0 Å². The monoisotopic (exact) mass is 207 g/mol. The number of hydrogen-bond donors (Lipinski definition) is 1. The summed E-state index contributed by atoms with van der Waals surface area (Å²) in [6.45, 7) is 1.76. The van der Waals surface area contributed by atoms with Crippen LogP contribution >= 0.6 is 0 Å². The first-order valence-corrected chi connectivity index (χ1v) is 5.33. The summed E-state index contributed by atoms with van der Waals surface area (Å²) in [6, 6.07) is 0. The molecule has 0 amide bonds. The molecule has 1 aromatic rings. The van der Waals surface area contributed by atoms with Crippen LogP contribution in [0.15, 0.2) is 24.7 Å². The zero-order chi connectivity index (χ0) is 10.5. The molecule has 1 atom stereocenters. The summed E-state index contributed by atoms with van der Waals surface area (Å²) in [5, 5.41) is 7.49. The number of hydrogen-bond acceptors (Lipinski definition) is 3. The van der Waals surface area contributed by atoms with Crippen LogP contribution in [-0.4, -0.2) is 22.4 Å². The molecule has 15 heavy (non-hydrogen) atoms. The van der Waals surface area contributed by atoms with Crippen molar-refractivity contribution in [2.45, 2.75) is 25.5 Å². The Labute approximate surface area is 89.9 Å². The number of aryl methyl sites for hydroxylation is 1. The maximum atomic E-state index is 5.46. The molecule has 1 unspecified atom stereocenters. The van der Waals surface area contributed by atoms with Gasteiger partial charge in [-0.1, -0.05) is 0 Å². The SMILES string of the molecule is Cn1cc(CNCC2CCC=CO2)cn1. The Hall–Kier alpha value is -1.29. The normalized spacial score (nSPS) is 20.2. The summed E-state index contributed by atoms with van der Waals surface area (Å²) in [5.74, 6) is 0. The summed E-state index contributed by atoms with van der Waals surface area (Å²) in [5.41, 5.74) is 1.21. The lowest BCUT2D eigenvalue weighted by Gasteiger charge is -2.19. The van der Waals surface area contributed by atoms with Gasteiger partial charge in [0.2, 0.25) is 0 Å². The van der Waals surface area contributed by atoms with E-state index < -0.39 is 0 Å². The second kappa shape index (κ2) is 4.98. The Kier molecular flexibility index (Phi) is 3.40. The van der Waals surface area contributed by atoms with Gasteiger partial charge >= 0.3 is 0 Å². The number of nitrogens with one attached hydrogen (secondary N) is 1. The van der Waals surface area contributed by atoms with E-state index in [1.165, 1.54) is 5.56 Å². The highest BCUT2D eigenvalue weighted by Crippen LogP contribution is 2.09. The molecule has 0 saturated heterocycles. The minimum absolute atomic E-state index is 0.326. The number of nitrogens with zero attached hydrogens (tertiary/aromatic N) is 2. The van der Waals surface area contributed by atoms with Crippen LogP contribution in [0, 0.1) is 0 Å². The average Bonchev–Trinajstić information content (AvgIpc) is 2.66. The Balaban J connectivity index is 1.68.